The van der Waals surface area contributed by atoms with Gasteiger partial charge in [-0.15, -0.1) is 0 Å². The number of aliphatic hydroxyl groups excluding tert-OH is 2. The highest BCUT2D eigenvalue weighted by molar-refractivity contribution is 5.76. The fourth-order valence-electron chi connectivity index (χ4n) is 7.31. The number of rotatable bonds is 45. The summed E-state index contributed by atoms with van der Waals surface area (Å²) in [5.41, 5.74) is 0. The lowest BCUT2D eigenvalue weighted by molar-refractivity contribution is -0.143. The van der Waals surface area contributed by atoms with E-state index in [1.165, 1.54) is 135 Å². The Morgan fingerprint density at radius 2 is 0.877 bits per heavy atom. The highest BCUT2D eigenvalue weighted by Crippen LogP contribution is 2.15. The molecule has 57 heavy (non-hydrogen) atoms. The predicted molar refractivity (Wildman–Crippen MR) is 246 cm³/mol. The molecule has 1 amide bonds. The summed E-state index contributed by atoms with van der Waals surface area (Å²) in [5.74, 6) is -0.0924. The Labute approximate surface area is 353 Å². The first-order valence-corrected chi connectivity index (χ1v) is 24.7. The van der Waals surface area contributed by atoms with Crippen molar-refractivity contribution in [2.75, 3.05) is 13.2 Å². The van der Waals surface area contributed by atoms with Gasteiger partial charge in [-0.1, -0.05) is 185 Å². The van der Waals surface area contributed by atoms with Crippen molar-refractivity contribution in [2.45, 2.75) is 264 Å². The van der Waals surface area contributed by atoms with Crippen molar-refractivity contribution < 1.29 is 24.5 Å². The Morgan fingerprint density at radius 1 is 0.491 bits per heavy atom. The SMILES string of the molecule is CCCCC/C=C\C/C=C\CCCCCCCCCCCC(=O)OCCCCC/C=C\CCCCCCCC(=O)NC(CO)C(O)CCCCCCCCCCC. The number of esters is 1. The first kappa shape index (κ1) is 55.1. The van der Waals surface area contributed by atoms with Gasteiger partial charge in [0.2, 0.25) is 5.91 Å². The first-order chi connectivity index (χ1) is 28.0. The Morgan fingerprint density at radius 3 is 1.39 bits per heavy atom. The molecule has 0 saturated carbocycles. The molecule has 0 fully saturated rings. The summed E-state index contributed by atoms with van der Waals surface area (Å²) in [6, 6.07) is -0.558. The second-order valence-electron chi connectivity index (χ2n) is 16.8. The van der Waals surface area contributed by atoms with Gasteiger partial charge in [0.25, 0.3) is 0 Å². The van der Waals surface area contributed by atoms with Gasteiger partial charge in [-0.2, -0.15) is 0 Å². The first-order valence-electron chi connectivity index (χ1n) is 24.7. The maximum atomic E-state index is 12.4. The second kappa shape index (κ2) is 46.8. The maximum Gasteiger partial charge on any atom is 0.305 e. The lowest BCUT2D eigenvalue weighted by atomic mass is 10.0. The van der Waals surface area contributed by atoms with Crippen molar-refractivity contribution in [3.05, 3.63) is 36.5 Å². The highest BCUT2D eigenvalue weighted by atomic mass is 16.5. The third-order valence-corrected chi connectivity index (χ3v) is 11.2. The second-order valence-corrected chi connectivity index (χ2v) is 16.8. The number of ether oxygens (including phenoxy) is 1. The molecule has 6 nitrogen and oxygen atoms in total. The Kier molecular flexibility index (Phi) is 45.2. The molecule has 0 radical (unpaired) electrons. The molecule has 0 aliphatic rings. The standard InChI is InChI=1S/C51H95NO5/c1-3-5-7-9-11-13-14-15-16-17-18-19-20-21-25-29-33-37-41-45-51(56)57-46-42-38-34-30-26-23-22-24-28-32-36-40-44-50(55)52-48(47-53)49(54)43-39-35-31-27-12-10-8-6-4-2/h11,13,15-16,23,26,48-49,53-54H,3-10,12,14,17-22,24-25,27-47H2,1-2H3,(H,52,55)/b13-11-,16-15-,26-23-. The summed E-state index contributed by atoms with van der Waals surface area (Å²) in [5, 5.41) is 23.0. The van der Waals surface area contributed by atoms with Crippen LogP contribution in [0.3, 0.4) is 0 Å². The van der Waals surface area contributed by atoms with Gasteiger partial charge in [-0.05, 0) is 89.9 Å². The summed E-state index contributed by atoms with van der Waals surface area (Å²) < 4.78 is 5.45. The van der Waals surface area contributed by atoms with Gasteiger partial charge in [-0.25, -0.2) is 0 Å². The molecule has 0 rings (SSSR count). The van der Waals surface area contributed by atoms with Gasteiger partial charge in [0.15, 0.2) is 0 Å². The molecule has 2 unspecified atom stereocenters. The van der Waals surface area contributed by atoms with Gasteiger partial charge in [0, 0.05) is 12.8 Å². The van der Waals surface area contributed by atoms with Crippen molar-refractivity contribution >= 4 is 11.9 Å². The van der Waals surface area contributed by atoms with Crippen LogP contribution in [0.1, 0.15) is 251 Å². The summed E-state index contributed by atoms with van der Waals surface area (Å²) >= 11 is 0. The van der Waals surface area contributed by atoms with Crippen LogP contribution in [0.15, 0.2) is 36.5 Å². The number of hydrogen-bond donors (Lipinski definition) is 3. The van der Waals surface area contributed by atoms with E-state index in [4.69, 9.17) is 4.74 Å². The van der Waals surface area contributed by atoms with Crippen LogP contribution >= 0.6 is 0 Å². The molecule has 2 atom stereocenters. The highest BCUT2D eigenvalue weighted by Gasteiger charge is 2.20. The van der Waals surface area contributed by atoms with Crippen molar-refractivity contribution in [3.8, 4) is 0 Å². The molecule has 0 aromatic rings. The minimum Gasteiger partial charge on any atom is -0.466 e. The third kappa shape index (κ3) is 43.5. The van der Waals surface area contributed by atoms with E-state index >= 15 is 0 Å². The average molecular weight is 802 g/mol. The van der Waals surface area contributed by atoms with Crippen LogP contribution < -0.4 is 5.32 Å². The lowest BCUT2D eigenvalue weighted by Crippen LogP contribution is -2.45. The van der Waals surface area contributed by atoms with Crippen LogP contribution in [0, 0.1) is 0 Å². The number of allylic oxidation sites excluding steroid dienone is 6. The van der Waals surface area contributed by atoms with Crippen LogP contribution in [0.25, 0.3) is 0 Å². The smallest absolute Gasteiger partial charge is 0.305 e. The van der Waals surface area contributed by atoms with Gasteiger partial charge in [0.05, 0.1) is 25.4 Å². The van der Waals surface area contributed by atoms with Gasteiger partial charge >= 0.3 is 5.97 Å². The molecule has 0 saturated heterocycles. The molecule has 3 N–H and O–H groups in total. The fourth-order valence-corrected chi connectivity index (χ4v) is 7.31. The van der Waals surface area contributed by atoms with Gasteiger partial charge in [-0.3, -0.25) is 9.59 Å². The number of amides is 1. The fraction of sp³-hybridized carbons (Fsp3) is 0.843. The maximum absolute atomic E-state index is 12.4. The van der Waals surface area contributed by atoms with Crippen molar-refractivity contribution in [2.24, 2.45) is 0 Å². The van der Waals surface area contributed by atoms with Crippen LogP contribution in [0.2, 0.25) is 0 Å². The van der Waals surface area contributed by atoms with E-state index in [9.17, 15) is 19.8 Å². The predicted octanol–water partition coefficient (Wildman–Crippen LogP) is 14.5. The molecule has 0 bridgehead atoms. The number of hydrogen-bond acceptors (Lipinski definition) is 5. The summed E-state index contributed by atoms with van der Waals surface area (Å²) in [7, 11) is 0. The number of carbonyl (C=O) groups is 2. The van der Waals surface area contributed by atoms with Crippen LogP contribution in [0.4, 0.5) is 0 Å². The molecule has 0 aromatic carbocycles. The molecular formula is C51H95NO5. The molecule has 0 aromatic heterocycles. The van der Waals surface area contributed by atoms with E-state index in [0.717, 1.165) is 83.5 Å². The molecule has 334 valence electrons. The van der Waals surface area contributed by atoms with E-state index in [2.05, 4.69) is 55.6 Å². The van der Waals surface area contributed by atoms with E-state index in [1.54, 1.807) is 0 Å². The van der Waals surface area contributed by atoms with E-state index in [0.29, 0.717) is 25.9 Å². The van der Waals surface area contributed by atoms with E-state index in [-0.39, 0.29) is 18.5 Å². The Balaban J connectivity index is 3.48. The van der Waals surface area contributed by atoms with Gasteiger partial charge in [0.1, 0.15) is 0 Å². The van der Waals surface area contributed by atoms with Crippen LogP contribution in [0.5, 0.6) is 0 Å². The summed E-state index contributed by atoms with van der Waals surface area (Å²) in [4.78, 5) is 24.4. The minimum absolute atomic E-state index is 0.0276. The molecule has 6 heteroatoms. The molecule has 0 spiro atoms. The topological polar surface area (TPSA) is 95.9 Å². The van der Waals surface area contributed by atoms with Crippen LogP contribution in [-0.2, 0) is 14.3 Å². The number of aliphatic hydroxyl groups is 2. The normalized spacial score (nSPS) is 13.0. The van der Waals surface area contributed by atoms with Crippen LogP contribution in [-0.4, -0.2) is 47.4 Å². The zero-order valence-corrected chi connectivity index (χ0v) is 37.8. The third-order valence-electron chi connectivity index (χ3n) is 11.2. The number of nitrogens with one attached hydrogen (secondary N) is 1. The van der Waals surface area contributed by atoms with Crippen molar-refractivity contribution in [1.82, 2.24) is 5.32 Å². The lowest BCUT2D eigenvalue weighted by Gasteiger charge is -2.22. The monoisotopic (exact) mass is 802 g/mol. The van der Waals surface area contributed by atoms with Crippen molar-refractivity contribution in [1.29, 1.82) is 0 Å². The zero-order valence-electron chi connectivity index (χ0n) is 37.8. The van der Waals surface area contributed by atoms with Crippen molar-refractivity contribution in [3.63, 3.8) is 0 Å². The number of carbonyl (C=O) groups excluding carboxylic acids is 2. The minimum atomic E-state index is -0.678. The van der Waals surface area contributed by atoms with E-state index in [1.807, 2.05) is 0 Å². The summed E-state index contributed by atoms with van der Waals surface area (Å²) in [6.45, 7) is 4.83. The Bertz CT molecular complexity index is 931. The molecule has 0 aliphatic heterocycles. The summed E-state index contributed by atoms with van der Waals surface area (Å²) in [6.07, 6.45) is 55.4. The Hall–Kier alpha value is -1.92. The molecule has 0 heterocycles. The van der Waals surface area contributed by atoms with Gasteiger partial charge < -0.3 is 20.3 Å². The molecular weight excluding hydrogens is 707 g/mol. The zero-order chi connectivity index (χ0) is 41.5. The van der Waals surface area contributed by atoms with E-state index < -0.39 is 12.1 Å². The average Bonchev–Trinajstić information content (AvgIpc) is 3.21. The largest absolute Gasteiger partial charge is 0.466 e. The molecule has 0 aliphatic carbocycles. The quantitative estimate of drug-likeness (QED) is 0.0324. The number of unbranched alkanes of at least 4 members (excludes halogenated alkanes) is 28.